The predicted octanol–water partition coefficient (Wildman–Crippen LogP) is 1.65. The van der Waals surface area contributed by atoms with Crippen LogP contribution in [0.15, 0.2) is 12.4 Å². The Bertz CT molecular complexity index is 515. The maximum absolute atomic E-state index is 12.3. The molecule has 2 rings (SSSR count). The third kappa shape index (κ3) is 4.39. The molecule has 0 saturated carbocycles. The lowest BCUT2D eigenvalue weighted by Crippen LogP contribution is -2.46. The SMILES string of the molecule is CCCC(=O)NC1CCN(C(=O)c2cncc(Cl)n2)CC1. The molecule has 0 unspecified atom stereocenters. The first-order chi connectivity index (χ1) is 10.1. The van der Waals surface area contributed by atoms with Gasteiger partial charge < -0.3 is 10.2 Å². The van der Waals surface area contributed by atoms with Crippen LogP contribution in [0.3, 0.4) is 0 Å². The van der Waals surface area contributed by atoms with Crippen molar-refractivity contribution in [1.29, 1.82) is 0 Å². The Balaban J connectivity index is 1.86. The number of hydrogen-bond acceptors (Lipinski definition) is 4. The highest BCUT2D eigenvalue weighted by molar-refractivity contribution is 6.29. The van der Waals surface area contributed by atoms with Gasteiger partial charge in [-0.25, -0.2) is 4.98 Å². The molecule has 0 atom stereocenters. The fourth-order valence-corrected chi connectivity index (χ4v) is 2.51. The fraction of sp³-hybridized carbons (Fsp3) is 0.571. The molecule has 0 bridgehead atoms. The molecule has 0 aromatic carbocycles. The van der Waals surface area contributed by atoms with Gasteiger partial charge in [-0.1, -0.05) is 18.5 Å². The highest BCUT2D eigenvalue weighted by Gasteiger charge is 2.25. The van der Waals surface area contributed by atoms with Crippen molar-refractivity contribution >= 4 is 23.4 Å². The van der Waals surface area contributed by atoms with Crippen molar-refractivity contribution in [2.24, 2.45) is 0 Å². The molecular weight excluding hydrogens is 292 g/mol. The molecular formula is C14H19ClN4O2. The van der Waals surface area contributed by atoms with Gasteiger partial charge in [0.15, 0.2) is 0 Å². The van der Waals surface area contributed by atoms with Crippen LogP contribution in [0.4, 0.5) is 0 Å². The monoisotopic (exact) mass is 310 g/mol. The summed E-state index contributed by atoms with van der Waals surface area (Å²) >= 11 is 5.75. The summed E-state index contributed by atoms with van der Waals surface area (Å²) in [6, 6.07) is 0.151. The van der Waals surface area contributed by atoms with Crippen LogP contribution in [-0.4, -0.2) is 45.8 Å². The number of nitrogens with one attached hydrogen (secondary N) is 1. The summed E-state index contributed by atoms with van der Waals surface area (Å²) in [4.78, 5) is 33.4. The van der Waals surface area contributed by atoms with Gasteiger partial charge in [0.1, 0.15) is 10.8 Å². The van der Waals surface area contributed by atoms with Crippen LogP contribution < -0.4 is 5.32 Å². The Morgan fingerprint density at radius 1 is 1.38 bits per heavy atom. The lowest BCUT2D eigenvalue weighted by atomic mass is 10.0. The van der Waals surface area contributed by atoms with Crippen molar-refractivity contribution in [1.82, 2.24) is 20.2 Å². The summed E-state index contributed by atoms with van der Waals surface area (Å²) in [6.07, 6.45) is 5.73. The molecule has 1 aromatic rings. The molecule has 0 spiro atoms. The summed E-state index contributed by atoms with van der Waals surface area (Å²) in [7, 11) is 0. The molecule has 21 heavy (non-hydrogen) atoms. The molecule has 0 radical (unpaired) electrons. The molecule has 1 fully saturated rings. The number of likely N-dealkylation sites (tertiary alicyclic amines) is 1. The second kappa shape index (κ2) is 7.36. The van der Waals surface area contributed by atoms with Gasteiger partial charge in [-0.2, -0.15) is 0 Å². The summed E-state index contributed by atoms with van der Waals surface area (Å²) in [5.41, 5.74) is 0.260. The second-order valence-corrected chi connectivity index (χ2v) is 5.50. The van der Waals surface area contributed by atoms with Crippen molar-refractivity contribution < 1.29 is 9.59 Å². The maximum atomic E-state index is 12.3. The number of aromatic nitrogens is 2. The first kappa shape index (κ1) is 15.7. The minimum Gasteiger partial charge on any atom is -0.353 e. The molecule has 1 saturated heterocycles. The molecule has 1 aliphatic heterocycles. The first-order valence-corrected chi connectivity index (χ1v) is 7.54. The van der Waals surface area contributed by atoms with Gasteiger partial charge in [0.2, 0.25) is 5.91 Å². The number of carbonyl (C=O) groups excluding carboxylic acids is 2. The van der Waals surface area contributed by atoms with E-state index in [-0.39, 0.29) is 28.7 Å². The van der Waals surface area contributed by atoms with Gasteiger partial charge in [0.25, 0.3) is 5.91 Å². The van der Waals surface area contributed by atoms with Crippen LogP contribution in [0.1, 0.15) is 43.1 Å². The normalized spacial score (nSPS) is 15.8. The Morgan fingerprint density at radius 2 is 2.10 bits per heavy atom. The lowest BCUT2D eigenvalue weighted by Gasteiger charge is -2.32. The van der Waals surface area contributed by atoms with E-state index in [4.69, 9.17) is 11.6 Å². The van der Waals surface area contributed by atoms with Gasteiger partial charge in [-0.05, 0) is 19.3 Å². The number of nitrogens with zero attached hydrogens (tertiary/aromatic N) is 3. The zero-order valence-corrected chi connectivity index (χ0v) is 12.8. The van der Waals surface area contributed by atoms with Gasteiger partial charge in [0.05, 0.1) is 12.4 Å². The van der Waals surface area contributed by atoms with E-state index in [1.54, 1.807) is 4.90 Å². The standard InChI is InChI=1S/C14H19ClN4O2/c1-2-3-13(20)17-10-4-6-19(7-5-10)14(21)11-8-16-9-12(15)18-11/h8-10H,2-7H2,1H3,(H,17,20). The minimum atomic E-state index is -0.164. The van der Waals surface area contributed by atoms with Crippen molar-refractivity contribution in [2.45, 2.75) is 38.6 Å². The minimum absolute atomic E-state index is 0.0861. The Labute approximate surface area is 128 Å². The van der Waals surface area contributed by atoms with E-state index in [1.807, 2.05) is 6.92 Å². The summed E-state index contributed by atoms with van der Waals surface area (Å²) in [5.74, 6) is -0.0775. The molecule has 7 heteroatoms. The summed E-state index contributed by atoms with van der Waals surface area (Å²) < 4.78 is 0. The smallest absolute Gasteiger partial charge is 0.274 e. The first-order valence-electron chi connectivity index (χ1n) is 7.16. The van der Waals surface area contributed by atoms with Gasteiger partial charge in [-0.3, -0.25) is 14.6 Å². The maximum Gasteiger partial charge on any atom is 0.274 e. The molecule has 6 nitrogen and oxygen atoms in total. The molecule has 114 valence electrons. The topological polar surface area (TPSA) is 75.2 Å². The van der Waals surface area contributed by atoms with E-state index < -0.39 is 0 Å². The van der Waals surface area contributed by atoms with Gasteiger partial charge in [0, 0.05) is 25.6 Å². The van der Waals surface area contributed by atoms with E-state index in [1.165, 1.54) is 12.4 Å². The highest BCUT2D eigenvalue weighted by atomic mass is 35.5. The van der Waals surface area contributed by atoms with Gasteiger partial charge in [-0.15, -0.1) is 0 Å². The van der Waals surface area contributed by atoms with Crippen LogP contribution in [0.5, 0.6) is 0 Å². The Hall–Kier alpha value is -1.69. The van der Waals surface area contributed by atoms with E-state index in [0.717, 1.165) is 19.3 Å². The average Bonchev–Trinajstić information content (AvgIpc) is 2.47. The average molecular weight is 311 g/mol. The molecule has 2 heterocycles. The number of amides is 2. The van der Waals surface area contributed by atoms with Crippen molar-refractivity contribution in [3.05, 3.63) is 23.2 Å². The van der Waals surface area contributed by atoms with Gasteiger partial charge >= 0.3 is 0 Å². The van der Waals surface area contributed by atoms with E-state index >= 15 is 0 Å². The number of rotatable bonds is 4. The molecule has 1 aromatic heterocycles. The highest BCUT2D eigenvalue weighted by Crippen LogP contribution is 2.14. The van der Waals surface area contributed by atoms with E-state index in [2.05, 4.69) is 15.3 Å². The lowest BCUT2D eigenvalue weighted by molar-refractivity contribution is -0.122. The zero-order valence-electron chi connectivity index (χ0n) is 12.0. The van der Waals surface area contributed by atoms with Crippen molar-refractivity contribution in [3.63, 3.8) is 0 Å². The van der Waals surface area contributed by atoms with Crippen LogP contribution in [0.25, 0.3) is 0 Å². The number of piperidine rings is 1. The fourth-order valence-electron chi connectivity index (χ4n) is 2.36. The Morgan fingerprint density at radius 3 is 2.71 bits per heavy atom. The van der Waals surface area contributed by atoms with Crippen LogP contribution in [-0.2, 0) is 4.79 Å². The number of hydrogen-bond donors (Lipinski definition) is 1. The molecule has 0 aliphatic carbocycles. The quantitative estimate of drug-likeness (QED) is 0.917. The number of halogens is 1. The predicted molar refractivity (Wildman–Crippen MR) is 79.0 cm³/mol. The van der Waals surface area contributed by atoms with Crippen LogP contribution in [0.2, 0.25) is 5.15 Å². The largest absolute Gasteiger partial charge is 0.353 e. The van der Waals surface area contributed by atoms with Crippen molar-refractivity contribution in [3.8, 4) is 0 Å². The van der Waals surface area contributed by atoms with Crippen LogP contribution >= 0.6 is 11.6 Å². The molecule has 2 amide bonds. The zero-order chi connectivity index (χ0) is 15.2. The third-order valence-corrected chi connectivity index (χ3v) is 3.63. The van der Waals surface area contributed by atoms with E-state index in [0.29, 0.717) is 19.5 Å². The summed E-state index contributed by atoms with van der Waals surface area (Å²) in [6.45, 7) is 3.18. The Kier molecular flexibility index (Phi) is 5.50. The van der Waals surface area contributed by atoms with E-state index in [9.17, 15) is 9.59 Å². The van der Waals surface area contributed by atoms with Crippen molar-refractivity contribution in [2.75, 3.05) is 13.1 Å². The molecule has 1 aliphatic rings. The molecule has 1 N–H and O–H groups in total. The summed E-state index contributed by atoms with van der Waals surface area (Å²) in [5, 5.41) is 3.21. The second-order valence-electron chi connectivity index (χ2n) is 5.11. The number of carbonyl (C=O) groups is 2. The van der Waals surface area contributed by atoms with Crippen LogP contribution in [0, 0.1) is 0 Å². The third-order valence-electron chi connectivity index (χ3n) is 3.45.